The average molecular weight is 439 g/mol. The molecule has 31 heavy (non-hydrogen) atoms. The first-order chi connectivity index (χ1) is 15.0. The number of piperidine rings is 1. The minimum absolute atomic E-state index is 0.280. The molecule has 0 atom stereocenters. The number of rotatable bonds is 7. The molecule has 0 bridgehead atoms. The largest absolute Gasteiger partial charge is 0.492 e. The number of benzene rings is 1. The zero-order valence-corrected chi connectivity index (χ0v) is 19.5. The normalized spacial score (nSPS) is 14.9. The van der Waals surface area contributed by atoms with Gasteiger partial charge in [0.2, 0.25) is 0 Å². The van der Waals surface area contributed by atoms with Gasteiger partial charge in [0.25, 0.3) is 0 Å². The molecular weight excluding hydrogens is 408 g/mol. The molecule has 0 aliphatic carbocycles. The van der Waals surface area contributed by atoms with E-state index in [0.717, 1.165) is 43.2 Å². The number of anilines is 1. The van der Waals surface area contributed by atoms with Crippen molar-refractivity contribution in [2.75, 3.05) is 30.9 Å². The molecule has 6 nitrogen and oxygen atoms in total. The summed E-state index contributed by atoms with van der Waals surface area (Å²) in [7, 11) is 0. The van der Waals surface area contributed by atoms with Crippen molar-refractivity contribution in [1.82, 2.24) is 15.1 Å². The monoisotopic (exact) mass is 438 g/mol. The Labute approximate surface area is 188 Å². The highest BCUT2D eigenvalue weighted by Crippen LogP contribution is 2.28. The number of thioether (sulfide) groups is 1. The lowest BCUT2D eigenvalue weighted by Gasteiger charge is -2.30. The van der Waals surface area contributed by atoms with Gasteiger partial charge in [-0.15, -0.1) is 11.8 Å². The van der Waals surface area contributed by atoms with E-state index in [9.17, 15) is 0 Å². The Morgan fingerprint density at radius 1 is 1.19 bits per heavy atom. The van der Waals surface area contributed by atoms with Crippen LogP contribution in [0.25, 0.3) is 11.3 Å². The van der Waals surface area contributed by atoms with Gasteiger partial charge in [0.15, 0.2) is 5.82 Å². The van der Waals surface area contributed by atoms with Crippen LogP contribution in [-0.2, 0) is 0 Å². The molecule has 1 saturated heterocycles. The Morgan fingerprint density at radius 3 is 2.61 bits per heavy atom. The Hall–Kier alpha value is -2.54. The van der Waals surface area contributed by atoms with Crippen molar-refractivity contribution < 1.29 is 9.26 Å². The summed E-state index contributed by atoms with van der Waals surface area (Å²) >= 11 is 1.76. The molecule has 164 valence electrons. The van der Waals surface area contributed by atoms with Gasteiger partial charge in [-0.3, -0.25) is 4.98 Å². The maximum Gasteiger partial charge on any atom is 0.324 e. The van der Waals surface area contributed by atoms with Crippen molar-refractivity contribution in [3.05, 3.63) is 47.9 Å². The minimum Gasteiger partial charge on any atom is -0.492 e. The molecule has 2 aromatic heterocycles. The van der Waals surface area contributed by atoms with Crippen molar-refractivity contribution in [1.29, 1.82) is 0 Å². The van der Waals surface area contributed by atoms with Crippen LogP contribution >= 0.6 is 11.8 Å². The highest BCUT2D eigenvalue weighted by Gasteiger charge is 2.24. The summed E-state index contributed by atoms with van der Waals surface area (Å²) in [6.45, 7) is 8.80. The summed E-state index contributed by atoms with van der Waals surface area (Å²) < 4.78 is 11.5. The van der Waals surface area contributed by atoms with Crippen molar-refractivity contribution in [3.63, 3.8) is 0 Å². The molecule has 4 rings (SSSR count). The number of hydrogen-bond acceptors (Lipinski definition) is 7. The fourth-order valence-electron chi connectivity index (χ4n) is 3.77. The van der Waals surface area contributed by atoms with Gasteiger partial charge in [-0.05, 0) is 61.8 Å². The van der Waals surface area contributed by atoms with Crippen molar-refractivity contribution in [2.45, 2.75) is 44.4 Å². The maximum absolute atomic E-state index is 6.04. The third-order valence-corrected chi connectivity index (χ3v) is 6.49. The van der Waals surface area contributed by atoms with Crippen LogP contribution in [0.15, 0.2) is 45.9 Å². The molecular formula is C24H30N4O2S. The van der Waals surface area contributed by atoms with Gasteiger partial charge >= 0.3 is 6.01 Å². The Kier molecular flexibility index (Phi) is 6.80. The molecule has 3 heterocycles. The summed E-state index contributed by atoms with van der Waals surface area (Å²) in [6, 6.07) is 11.2. The fraction of sp³-hybridized carbons (Fsp3) is 0.458. The van der Waals surface area contributed by atoms with E-state index in [1.54, 1.807) is 11.8 Å². The van der Waals surface area contributed by atoms with Gasteiger partial charge in [0.05, 0.1) is 18.5 Å². The lowest BCUT2D eigenvalue weighted by atomic mass is 9.98. The third kappa shape index (κ3) is 5.21. The van der Waals surface area contributed by atoms with E-state index >= 15 is 0 Å². The van der Waals surface area contributed by atoms with Crippen molar-refractivity contribution in [3.8, 4) is 17.0 Å². The van der Waals surface area contributed by atoms with Crippen LogP contribution in [0.1, 0.15) is 44.0 Å². The predicted molar refractivity (Wildman–Crippen MR) is 125 cm³/mol. The number of ether oxygens (including phenoxy) is 1. The van der Waals surface area contributed by atoms with E-state index in [1.165, 1.54) is 16.0 Å². The molecule has 1 aliphatic heterocycles. The van der Waals surface area contributed by atoms with E-state index < -0.39 is 0 Å². The number of aromatic nitrogens is 3. The van der Waals surface area contributed by atoms with E-state index in [0.29, 0.717) is 18.5 Å². The summed E-state index contributed by atoms with van der Waals surface area (Å²) in [4.78, 5) is 12.6. The lowest BCUT2D eigenvalue weighted by Crippen LogP contribution is -2.35. The van der Waals surface area contributed by atoms with Crippen LogP contribution in [0.3, 0.4) is 0 Å². The topological polar surface area (TPSA) is 64.3 Å². The van der Waals surface area contributed by atoms with Crippen LogP contribution in [-0.4, -0.2) is 41.1 Å². The number of pyridine rings is 1. The second kappa shape index (κ2) is 9.73. The zero-order valence-electron chi connectivity index (χ0n) is 18.7. The van der Waals surface area contributed by atoms with Crippen LogP contribution in [0, 0.1) is 12.8 Å². The number of aryl methyl sites for hydroxylation is 1. The fourth-order valence-corrected chi connectivity index (χ4v) is 4.27. The van der Waals surface area contributed by atoms with E-state index in [1.807, 2.05) is 18.3 Å². The molecule has 1 fully saturated rings. The summed E-state index contributed by atoms with van der Waals surface area (Å²) in [5.41, 5.74) is 3.38. The van der Waals surface area contributed by atoms with E-state index in [4.69, 9.17) is 9.26 Å². The molecule has 0 unspecified atom stereocenters. The molecule has 7 heteroatoms. The first-order valence-electron chi connectivity index (χ1n) is 10.9. The van der Waals surface area contributed by atoms with E-state index in [2.05, 4.69) is 65.3 Å². The van der Waals surface area contributed by atoms with Gasteiger partial charge in [-0.1, -0.05) is 25.1 Å². The maximum atomic E-state index is 6.04. The molecule has 0 spiro atoms. The second-order valence-corrected chi connectivity index (χ2v) is 9.27. The Bertz CT molecular complexity index is 995. The summed E-state index contributed by atoms with van der Waals surface area (Å²) in [5.74, 6) is 2.39. The summed E-state index contributed by atoms with van der Waals surface area (Å²) in [5, 5.41) is 4.07. The average Bonchev–Trinajstić information content (AvgIpc) is 3.29. The van der Waals surface area contributed by atoms with Crippen LogP contribution in [0.4, 0.5) is 6.01 Å². The predicted octanol–water partition coefficient (Wildman–Crippen LogP) is 5.58. The molecule has 0 N–H and O–H groups in total. The SMILES string of the molecule is CSc1ccc(-c2ccc(OCC3CCN(c4nc(C(C)C)no4)CC3)cn2)c(C)c1. The first-order valence-corrected chi connectivity index (χ1v) is 12.1. The smallest absolute Gasteiger partial charge is 0.324 e. The molecule has 1 aliphatic rings. The van der Waals surface area contributed by atoms with Gasteiger partial charge in [-0.25, -0.2) is 0 Å². The molecule has 0 amide bonds. The molecule has 0 saturated carbocycles. The molecule has 0 radical (unpaired) electrons. The van der Waals surface area contributed by atoms with Gasteiger partial charge in [0.1, 0.15) is 5.75 Å². The quantitative estimate of drug-likeness (QED) is 0.446. The van der Waals surface area contributed by atoms with Crippen LogP contribution in [0.2, 0.25) is 0 Å². The highest BCUT2D eigenvalue weighted by atomic mass is 32.2. The van der Waals surface area contributed by atoms with Crippen LogP contribution in [0.5, 0.6) is 5.75 Å². The lowest BCUT2D eigenvalue weighted by molar-refractivity contribution is 0.219. The van der Waals surface area contributed by atoms with E-state index in [-0.39, 0.29) is 5.92 Å². The summed E-state index contributed by atoms with van der Waals surface area (Å²) in [6.07, 6.45) is 6.02. The van der Waals surface area contributed by atoms with Crippen LogP contribution < -0.4 is 9.64 Å². The molecule has 3 aromatic rings. The van der Waals surface area contributed by atoms with Gasteiger partial charge in [0, 0.05) is 29.5 Å². The first kappa shape index (κ1) is 21.7. The van der Waals surface area contributed by atoms with Crippen molar-refractivity contribution in [2.24, 2.45) is 5.92 Å². The van der Waals surface area contributed by atoms with Gasteiger partial charge in [-0.2, -0.15) is 4.98 Å². The van der Waals surface area contributed by atoms with Gasteiger partial charge < -0.3 is 14.2 Å². The highest BCUT2D eigenvalue weighted by molar-refractivity contribution is 7.98. The Morgan fingerprint density at radius 2 is 2.00 bits per heavy atom. The zero-order chi connectivity index (χ0) is 21.8. The number of hydrogen-bond donors (Lipinski definition) is 0. The number of nitrogens with zero attached hydrogens (tertiary/aromatic N) is 4. The Balaban J connectivity index is 1.28. The van der Waals surface area contributed by atoms with Crippen molar-refractivity contribution >= 4 is 17.8 Å². The third-order valence-electron chi connectivity index (χ3n) is 5.76. The molecule has 1 aromatic carbocycles. The minimum atomic E-state index is 0.280. The standard InChI is InChI=1S/C24H30N4O2S/c1-16(2)23-26-24(30-27-23)28-11-9-18(10-12-28)15-29-19-5-8-22(25-14-19)21-7-6-20(31-4)13-17(21)3/h5-8,13-14,16,18H,9-12,15H2,1-4H3. The second-order valence-electron chi connectivity index (χ2n) is 8.39.